The van der Waals surface area contributed by atoms with Gasteiger partial charge in [0, 0.05) is 10.8 Å². The lowest BCUT2D eigenvalue weighted by molar-refractivity contribution is -0.155. The number of fused-ring (bicyclic) bond motifs is 5. The minimum Gasteiger partial charge on any atom is -0.388 e. The Hall–Kier alpha value is -1.52. The van der Waals surface area contributed by atoms with Gasteiger partial charge in [0.25, 0.3) is 0 Å². The molecule has 4 aliphatic rings. The number of aliphatic hydroxyl groups is 2. The van der Waals surface area contributed by atoms with Crippen LogP contribution in [0.25, 0.3) is 0 Å². The van der Waals surface area contributed by atoms with E-state index in [9.17, 15) is 19.8 Å². The summed E-state index contributed by atoms with van der Waals surface area (Å²) in [7, 11) is 0. The molecule has 0 amide bonds. The van der Waals surface area contributed by atoms with Crippen LogP contribution in [0, 0.1) is 22.7 Å². The number of aliphatic hydroxyl groups excluding tert-OH is 1. The van der Waals surface area contributed by atoms with Crippen LogP contribution in [0.2, 0.25) is 0 Å². The molecule has 0 aromatic heterocycles. The highest BCUT2D eigenvalue weighted by atomic mass is 16.3. The molecular weight excluding hydrogens is 316 g/mol. The molecule has 4 aliphatic carbocycles. The fourth-order valence-corrected chi connectivity index (χ4v) is 6.12. The molecule has 0 aromatic rings. The van der Waals surface area contributed by atoms with Crippen LogP contribution in [0.5, 0.6) is 0 Å². The molecule has 25 heavy (non-hydrogen) atoms. The van der Waals surface area contributed by atoms with Crippen molar-refractivity contribution in [3.05, 3.63) is 35.5 Å². The van der Waals surface area contributed by atoms with E-state index in [1.54, 1.807) is 12.2 Å². The van der Waals surface area contributed by atoms with E-state index in [1.165, 1.54) is 11.1 Å². The molecule has 3 unspecified atom stereocenters. The molecule has 5 atom stereocenters. The minimum atomic E-state index is -1.43. The average molecular weight is 342 g/mol. The monoisotopic (exact) mass is 342 g/mol. The van der Waals surface area contributed by atoms with E-state index in [4.69, 9.17) is 0 Å². The smallest absolute Gasteiger partial charge is 0.190 e. The molecule has 4 heteroatoms. The molecule has 4 rings (SSSR count). The second-order valence-electron chi connectivity index (χ2n) is 8.62. The molecule has 0 bridgehead atoms. The van der Waals surface area contributed by atoms with Gasteiger partial charge in [-0.1, -0.05) is 30.2 Å². The van der Waals surface area contributed by atoms with Crippen molar-refractivity contribution in [3.8, 4) is 0 Å². The number of ketones is 2. The van der Waals surface area contributed by atoms with Crippen LogP contribution in [0.1, 0.15) is 46.0 Å². The zero-order valence-electron chi connectivity index (χ0n) is 14.9. The Morgan fingerprint density at radius 2 is 2.08 bits per heavy atom. The van der Waals surface area contributed by atoms with E-state index in [-0.39, 0.29) is 17.1 Å². The average Bonchev–Trinajstić information content (AvgIpc) is 2.87. The fraction of sp³-hybridized carbons (Fsp3) is 0.619. The van der Waals surface area contributed by atoms with Gasteiger partial charge in [0.2, 0.25) is 0 Å². The maximum Gasteiger partial charge on any atom is 0.190 e. The first-order valence-corrected chi connectivity index (χ1v) is 9.27. The van der Waals surface area contributed by atoms with Crippen molar-refractivity contribution in [2.75, 3.05) is 6.61 Å². The van der Waals surface area contributed by atoms with Crippen molar-refractivity contribution in [2.45, 2.75) is 51.6 Å². The quantitative estimate of drug-likeness (QED) is 0.756. The van der Waals surface area contributed by atoms with Crippen LogP contribution in [0.15, 0.2) is 35.5 Å². The van der Waals surface area contributed by atoms with Crippen molar-refractivity contribution in [2.24, 2.45) is 22.7 Å². The zero-order valence-corrected chi connectivity index (χ0v) is 14.9. The summed E-state index contributed by atoms with van der Waals surface area (Å²) < 4.78 is 0. The van der Waals surface area contributed by atoms with E-state index in [0.717, 1.165) is 19.3 Å². The van der Waals surface area contributed by atoms with Gasteiger partial charge in [-0.15, -0.1) is 0 Å². The number of carbonyl (C=O) groups excluding carboxylic acids is 2. The Kier molecular flexibility index (Phi) is 3.55. The van der Waals surface area contributed by atoms with Crippen LogP contribution >= 0.6 is 0 Å². The van der Waals surface area contributed by atoms with Gasteiger partial charge < -0.3 is 10.2 Å². The van der Waals surface area contributed by atoms with Crippen molar-refractivity contribution in [1.29, 1.82) is 0 Å². The van der Waals surface area contributed by atoms with Crippen LogP contribution in [0.3, 0.4) is 0 Å². The summed E-state index contributed by atoms with van der Waals surface area (Å²) in [5.41, 5.74) is 0.374. The van der Waals surface area contributed by atoms with Gasteiger partial charge in [0.1, 0.15) is 12.2 Å². The molecular formula is C21H26O4. The fourth-order valence-electron chi connectivity index (χ4n) is 6.12. The second-order valence-corrected chi connectivity index (χ2v) is 8.62. The largest absolute Gasteiger partial charge is 0.388 e. The first kappa shape index (κ1) is 16.9. The van der Waals surface area contributed by atoms with E-state index in [0.29, 0.717) is 18.8 Å². The Morgan fingerprint density at radius 3 is 2.80 bits per heavy atom. The second kappa shape index (κ2) is 5.24. The van der Waals surface area contributed by atoms with Crippen LogP contribution in [-0.2, 0) is 9.59 Å². The maximum atomic E-state index is 12.3. The van der Waals surface area contributed by atoms with Gasteiger partial charge in [-0.2, -0.15) is 0 Å². The molecule has 134 valence electrons. The van der Waals surface area contributed by atoms with Crippen molar-refractivity contribution < 1.29 is 19.8 Å². The molecule has 0 spiro atoms. The van der Waals surface area contributed by atoms with Gasteiger partial charge in [0.05, 0.1) is 0 Å². The highest BCUT2D eigenvalue weighted by Crippen LogP contribution is 2.64. The summed E-state index contributed by atoms with van der Waals surface area (Å²) in [5, 5.41) is 20.5. The molecule has 0 heterocycles. The number of hydrogen-bond acceptors (Lipinski definition) is 4. The zero-order chi connectivity index (χ0) is 18.0. The first-order valence-electron chi connectivity index (χ1n) is 9.27. The van der Waals surface area contributed by atoms with Gasteiger partial charge in [-0.25, -0.2) is 0 Å². The third kappa shape index (κ3) is 2.01. The van der Waals surface area contributed by atoms with Gasteiger partial charge >= 0.3 is 0 Å². The Morgan fingerprint density at radius 1 is 1.32 bits per heavy atom. The number of allylic oxidation sites excluding steroid dienone is 6. The van der Waals surface area contributed by atoms with Crippen molar-refractivity contribution in [1.82, 2.24) is 0 Å². The topological polar surface area (TPSA) is 74.6 Å². The molecule has 4 nitrogen and oxygen atoms in total. The lowest BCUT2D eigenvalue weighted by Crippen LogP contribution is -2.55. The van der Waals surface area contributed by atoms with Crippen LogP contribution in [-0.4, -0.2) is 34.0 Å². The summed E-state index contributed by atoms with van der Waals surface area (Å²) in [4.78, 5) is 24.1. The molecule has 0 radical (unpaired) electrons. The van der Waals surface area contributed by atoms with E-state index in [1.807, 2.05) is 13.0 Å². The Balaban J connectivity index is 1.77. The van der Waals surface area contributed by atoms with Crippen molar-refractivity contribution >= 4 is 11.6 Å². The summed E-state index contributed by atoms with van der Waals surface area (Å²) in [6.07, 6.45) is 11.4. The number of hydrogen-bond donors (Lipinski definition) is 2. The standard InChI is InChI=1S/C21H26O4/c1-19-8-5-14(23)11-13(19)3-4-15-16(19)6-9-20(2)17(15)7-10-21(20,25)18(24)12-22/h5-6,8,11,15,17,22,25H,3-4,7,9-10,12H2,1-2H3/t15?,17?,19-,20?,21-/m0/s1. The predicted molar refractivity (Wildman–Crippen MR) is 93.6 cm³/mol. The Labute approximate surface area is 148 Å². The number of rotatable bonds is 2. The van der Waals surface area contributed by atoms with Gasteiger partial charge in [-0.3, -0.25) is 9.59 Å². The van der Waals surface area contributed by atoms with E-state index in [2.05, 4.69) is 13.0 Å². The van der Waals surface area contributed by atoms with E-state index < -0.39 is 23.4 Å². The Bertz CT molecular complexity index is 745. The molecule has 0 aliphatic heterocycles. The number of Topliss-reactive ketones (excluding diaryl/α,β-unsaturated/α-hetero) is 1. The highest BCUT2D eigenvalue weighted by Gasteiger charge is 2.64. The predicted octanol–water partition coefficient (Wildman–Crippen LogP) is 2.51. The molecule has 2 fully saturated rings. The SMILES string of the molecule is CC12CC=C3C(CCC4=CC(=O)C=C[C@@]43C)C1CC[C@]2(O)C(=O)CO. The minimum absolute atomic E-state index is 0.0657. The number of carbonyl (C=O) groups is 2. The maximum absolute atomic E-state index is 12.3. The van der Waals surface area contributed by atoms with Crippen LogP contribution < -0.4 is 0 Å². The molecule has 2 saturated carbocycles. The van der Waals surface area contributed by atoms with Gasteiger partial charge in [0.15, 0.2) is 11.6 Å². The molecule has 0 saturated heterocycles. The summed E-state index contributed by atoms with van der Waals surface area (Å²) in [6.45, 7) is 3.59. The highest BCUT2D eigenvalue weighted by molar-refractivity contribution is 6.01. The lowest BCUT2D eigenvalue weighted by atomic mass is 9.51. The summed E-state index contributed by atoms with van der Waals surface area (Å²) in [5.74, 6) is 0.174. The third-order valence-electron chi connectivity index (χ3n) is 7.71. The van der Waals surface area contributed by atoms with Gasteiger partial charge in [-0.05, 0) is 63.0 Å². The first-order chi connectivity index (χ1) is 11.8. The normalized spacial score (nSPS) is 45.2. The van der Waals surface area contributed by atoms with Crippen LogP contribution in [0.4, 0.5) is 0 Å². The molecule has 2 N–H and O–H groups in total. The summed E-state index contributed by atoms with van der Waals surface area (Å²) >= 11 is 0. The van der Waals surface area contributed by atoms with E-state index >= 15 is 0 Å². The lowest BCUT2D eigenvalue weighted by Gasteiger charge is -2.53. The molecule has 0 aromatic carbocycles. The third-order valence-corrected chi connectivity index (χ3v) is 7.71. The summed E-state index contributed by atoms with van der Waals surface area (Å²) in [6, 6.07) is 0. The van der Waals surface area contributed by atoms with Crippen molar-refractivity contribution in [3.63, 3.8) is 0 Å².